The van der Waals surface area contributed by atoms with Crippen LogP contribution in [-0.2, 0) is 4.74 Å². The third-order valence-corrected chi connectivity index (χ3v) is 4.33. The van der Waals surface area contributed by atoms with Crippen molar-refractivity contribution in [3.63, 3.8) is 0 Å². The summed E-state index contributed by atoms with van der Waals surface area (Å²) in [5.74, 6) is 1.81. The molecule has 0 aromatic carbocycles. The van der Waals surface area contributed by atoms with Crippen LogP contribution in [0.25, 0.3) is 0 Å². The largest absolute Gasteiger partial charge is 0.379 e. The van der Waals surface area contributed by atoms with E-state index in [4.69, 9.17) is 4.74 Å². The minimum absolute atomic E-state index is 0.705. The number of morpholine rings is 1. The molecule has 100 valence electrons. The fraction of sp³-hybridized carbons (Fsp3) is 1.00. The smallest absolute Gasteiger partial charge is 0.0608 e. The van der Waals surface area contributed by atoms with Crippen LogP contribution in [0, 0.1) is 11.8 Å². The average molecular weight is 240 g/mol. The van der Waals surface area contributed by atoms with E-state index in [2.05, 4.69) is 24.3 Å². The molecule has 2 aliphatic rings. The third-order valence-electron chi connectivity index (χ3n) is 4.33. The van der Waals surface area contributed by atoms with E-state index < -0.39 is 0 Å². The molecule has 2 unspecified atom stereocenters. The van der Waals surface area contributed by atoms with Gasteiger partial charge in [-0.05, 0) is 31.1 Å². The van der Waals surface area contributed by atoms with Crippen molar-refractivity contribution in [3.05, 3.63) is 0 Å². The molecule has 3 nitrogen and oxygen atoms in total. The molecule has 1 aliphatic heterocycles. The number of hydrazine groups is 1. The van der Waals surface area contributed by atoms with Crippen LogP contribution in [0.3, 0.4) is 0 Å². The fourth-order valence-electron chi connectivity index (χ4n) is 3.08. The van der Waals surface area contributed by atoms with Gasteiger partial charge in [-0.25, -0.2) is 5.01 Å². The first-order valence-electron chi connectivity index (χ1n) is 7.34. The Hall–Kier alpha value is -0.120. The number of nitrogens with zero attached hydrogens (tertiary/aromatic N) is 1. The van der Waals surface area contributed by atoms with E-state index in [9.17, 15) is 0 Å². The first-order valence-corrected chi connectivity index (χ1v) is 7.34. The van der Waals surface area contributed by atoms with Crippen LogP contribution in [-0.4, -0.2) is 37.4 Å². The fourth-order valence-corrected chi connectivity index (χ4v) is 3.08. The molecule has 1 saturated heterocycles. The van der Waals surface area contributed by atoms with E-state index in [1.807, 2.05) is 0 Å². The molecule has 1 N–H and O–H groups in total. The predicted molar refractivity (Wildman–Crippen MR) is 70.7 cm³/mol. The molecule has 0 bridgehead atoms. The molecular formula is C14H28N2O. The molecule has 1 saturated carbocycles. The predicted octanol–water partition coefficient (Wildman–Crippen LogP) is 2.43. The van der Waals surface area contributed by atoms with Gasteiger partial charge >= 0.3 is 0 Å². The van der Waals surface area contributed by atoms with Gasteiger partial charge < -0.3 is 4.74 Å². The highest BCUT2D eigenvalue weighted by Crippen LogP contribution is 2.28. The lowest BCUT2D eigenvalue weighted by atomic mass is 9.89. The van der Waals surface area contributed by atoms with Gasteiger partial charge in [0.25, 0.3) is 0 Å². The Labute approximate surface area is 106 Å². The van der Waals surface area contributed by atoms with Gasteiger partial charge in [-0.1, -0.05) is 26.7 Å². The molecule has 17 heavy (non-hydrogen) atoms. The quantitative estimate of drug-likeness (QED) is 0.767. The van der Waals surface area contributed by atoms with E-state index in [-0.39, 0.29) is 0 Å². The highest BCUT2D eigenvalue weighted by atomic mass is 16.5. The second-order valence-electron chi connectivity index (χ2n) is 5.94. The van der Waals surface area contributed by atoms with Gasteiger partial charge in [0, 0.05) is 19.1 Å². The Morgan fingerprint density at radius 3 is 2.53 bits per heavy atom. The summed E-state index contributed by atoms with van der Waals surface area (Å²) in [6.45, 7) is 8.61. The van der Waals surface area contributed by atoms with Gasteiger partial charge in [-0.3, -0.25) is 5.43 Å². The molecule has 0 aromatic rings. The summed E-state index contributed by atoms with van der Waals surface area (Å²) in [6, 6.07) is 0.705. The zero-order valence-electron chi connectivity index (χ0n) is 11.5. The van der Waals surface area contributed by atoms with E-state index in [0.717, 1.165) is 38.1 Å². The topological polar surface area (TPSA) is 24.5 Å². The second kappa shape index (κ2) is 6.72. The molecular weight excluding hydrogens is 212 g/mol. The Balaban J connectivity index is 1.74. The lowest BCUT2D eigenvalue weighted by Crippen LogP contribution is -2.50. The molecule has 3 heteroatoms. The van der Waals surface area contributed by atoms with Gasteiger partial charge in [0.05, 0.1) is 13.2 Å². The van der Waals surface area contributed by atoms with Crippen molar-refractivity contribution in [2.24, 2.45) is 11.8 Å². The van der Waals surface area contributed by atoms with Crippen molar-refractivity contribution in [1.29, 1.82) is 0 Å². The maximum absolute atomic E-state index is 5.38. The molecule has 1 heterocycles. The second-order valence-corrected chi connectivity index (χ2v) is 5.94. The molecule has 0 radical (unpaired) electrons. The summed E-state index contributed by atoms with van der Waals surface area (Å²) < 4.78 is 5.38. The van der Waals surface area contributed by atoms with E-state index >= 15 is 0 Å². The lowest BCUT2D eigenvalue weighted by Gasteiger charge is -2.31. The van der Waals surface area contributed by atoms with Gasteiger partial charge in [0.15, 0.2) is 0 Å². The number of ether oxygens (including phenoxy) is 1. The minimum atomic E-state index is 0.705. The highest BCUT2D eigenvalue weighted by molar-refractivity contribution is 4.76. The Morgan fingerprint density at radius 1 is 1.06 bits per heavy atom. The van der Waals surface area contributed by atoms with Crippen LogP contribution in [0.15, 0.2) is 0 Å². The van der Waals surface area contributed by atoms with Crippen molar-refractivity contribution < 1.29 is 4.74 Å². The van der Waals surface area contributed by atoms with Crippen LogP contribution in [0.2, 0.25) is 0 Å². The molecule has 0 spiro atoms. The van der Waals surface area contributed by atoms with Crippen LogP contribution in [0.1, 0.15) is 46.0 Å². The zero-order chi connectivity index (χ0) is 12.1. The number of hydrogen-bond donors (Lipinski definition) is 1. The van der Waals surface area contributed by atoms with Gasteiger partial charge in [-0.15, -0.1) is 0 Å². The summed E-state index contributed by atoms with van der Waals surface area (Å²) in [4.78, 5) is 0. The lowest BCUT2D eigenvalue weighted by molar-refractivity contribution is 0.00219. The van der Waals surface area contributed by atoms with Crippen LogP contribution in [0.4, 0.5) is 0 Å². The standard InChI is InChI=1S/C14H28N2O/c1-12(2)13-4-3-5-14(7-6-13)15-16-8-10-17-11-9-16/h12-15H,3-11H2,1-2H3. The minimum Gasteiger partial charge on any atom is -0.379 e. The average Bonchev–Trinajstić information content (AvgIpc) is 2.56. The molecule has 2 rings (SSSR count). The molecule has 2 atom stereocenters. The molecule has 2 fully saturated rings. The summed E-state index contributed by atoms with van der Waals surface area (Å²) >= 11 is 0. The normalized spacial score (nSPS) is 32.6. The van der Waals surface area contributed by atoms with Gasteiger partial charge in [0.1, 0.15) is 0 Å². The van der Waals surface area contributed by atoms with Crippen LogP contribution in [0.5, 0.6) is 0 Å². The molecule has 0 aromatic heterocycles. The Morgan fingerprint density at radius 2 is 1.82 bits per heavy atom. The number of hydrogen-bond acceptors (Lipinski definition) is 3. The van der Waals surface area contributed by atoms with Gasteiger partial charge in [0.2, 0.25) is 0 Å². The van der Waals surface area contributed by atoms with E-state index in [0.29, 0.717) is 6.04 Å². The first-order chi connectivity index (χ1) is 8.25. The Bertz CT molecular complexity index is 214. The summed E-state index contributed by atoms with van der Waals surface area (Å²) in [5.41, 5.74) is 3.71. The van der Waals surface area contributed by atoms with Crippen molar-refractivity contribution in [2.75, 3.05) is 26.3 Å². The molecule has 1 aliphatic carbocycles. The number of rotatable bonds is 3. The molecule has 0 amide bonds. The summed E-state index contributed by atoms with van der Waals surface area (Å²) in [5, 5.41) is 2.36. The SMILES string of the molecule is CC(C)C1CCCC(NN2CCOCC2)CC1. The maximum Gasteiger partial charge on any atom is 0.0608 e. The van der Waals surface area contributed by atoms with Crippen LogP contribution >= 0.6 is 0 Å². The van der Waals surface area contributed by atoms with Gasteiger partial charge in [-0.2, -0.15) is 0 Å². The maximum atomic E-state index is 5.38. The highest BCUT2D eigenvalue weighted by Gasteiger charge is 2.22. The van der Waals surface area contributed by atoms with E-state index in [1.54, 1.807) is 0 Å². The first kappa shape index (κ1) is 13.3. The Kier molecular flexibility index (Phi) is 5.26. The number of nitrogens with one attached hydrogen (secondary N) is 1. The van der Waals surface area contributed by atoms with Crippen molar-refractivity contribution >= 4 is 0 Å². The monoisotopic (exact) mass is 240 g/mol. The summed E-state index contributed by atoms with van der Waals surface area (Å²) in [6.07, 6.45) is 6.92. The van der Waals surface area contributed by atoms with Crippen LogP contribution < -0.4 is 5.43 Å². The van der Waals surface area contributed by atoms with Crippen molar-refractivity contribution in [1.82, 2.24) is 10.4 Å². The van der Waals surface area contributed by atoms with Crippen molar-refractivity contribution in [2.45, 2.75) is 52.0 Å². The van der Waals surface area contributed by atoms with E-state index in [1.165, 1.54) is 32.1 Å². The third kappa shape index (κ3) is 4.23. The van der Waals surface area contributed by atoms with Crippen molar-refractivity contribution in [3.8, 4) is 0 Å². The summed E-state index contributed by atoms with van der Waals surface area (Å²) in [7, 11) is 0. The zero-order valence-corrected chi connectivity index (χ0v) is 11.5.